The molecule has 0 bridgehead atoms. The molecule has 1 N–H and O–H groups in total. The molecule has 0 unspecified atom stereocenters. The molecule has 2 atom stereocenters. The van der Waals surface area contributed by atoms with Crippen molar-refractivity contribution in [3.63, 3.8) is 0 Å². The highest BCUT2D eigenvalue weighted by molar-refractivity contribution is 7.92. The van der Waals surface area contributed by atoms with Crippen LogP contribution in [0.3, 0.4) is 0 Å². The molecule has 0 saturated heterocycles. The SMILES string of the molecule is CC[C@@H](C)NC(=O)[C@H](CC)N(Cc1ccccc1Cl)C(=O)CN(c1cccc(Cl)c1C)S(C)(=O)=O. The molecule has 7 nitrogen and oxygen atoms in total. The van der Waals surface area contributed by atoms with Crippen molar-refractivity contribution in [3.05, 3.63) is 63.6 Å². The van der Waals surface area contributed by atoms with Crippen molar-refractivity contribution in [1.29, 1.82) is 0 Å². The van der Waals surface area contributed by atoms with Gasteiger partial charge in [0.2, 0.25) is 21.8 Å². The zero-order valence-electron chi connectivity index (χ0n) is 20.7. The van der Waals surface area contributed by atoms with Gasteiger partial charge in [0.05, 0.1) is 11.9 Å². The van der Waals surface area contributed by atoms with E-state index in [2.05, 4.69) is 5.32 Å². The number of anilines is 1. The Balaban J connectivity index is 2.50. The van der Waals surface area contributed by atoms with Gasteiger partial charge in [-0.05, 0) is 56.0 Å². The number of halogens is 2. The van der Waals surface area contributed by atoms with Crippen LogP contribution in [-0.4, -0.2) is 50.0 Å². The summed E-state index contributed by atoms with van der Waals surface area (Å²) in [7, 11) is -3.84. The van der Waals surface area contributed by atoms with Crippen LogP contribution in [0, 0.1) is 6.92 Å². The lowest BCUT2D eigenvalue weighted by Gasteiger charge is -2.34. The molecule has 10 heteroatoms. The molecule has 0 aliphatic carbocycles. The molecule has 0 saturated carbocycles. The van der Waals surface area contributed by atoms with Crippen LogP contribution in [0.5, 0.6) is 0 Å². The van der Waals surface area contributed by atoms with E-state index in [4.69, 9.17) is 23.2 Å². The molecular weight excluding hydrogens is 509 g/mol. The number of hydrogen-bond acceptors (Lipinski definition) is 4. The first-order valence-electron chi connectivity index (χ1n) is 11.5. The lowest BCUT2D eigenvalue weighted by Crippen LogP contribution is -2.53. The highest BCUT2D eigenvalue weighted by Gasteiger charge is 2.32. The van der Waals surface area contributed by atoms with Crippen molar-refractivity contribution in [2.24, 2.45) is 0 Å². The Bertz CT molecular complexity index is 1160. The van der Waals surface area contributed by atoms with Gasteiger partial charge in [-0.25, -0.2) is 8.42 Å². The first-order valence-corrected chi connectivity index (χ1v) is 14.1. The van der Waals surface area contributed by atoms with Gasteiger partial charge in [-0.3, -0.25) is 13.9 Å². The van der Waals surface area contributed by atoms with E-state index in [0.29, 0.717) is 33.3 Å². The Morgan fingerprint density at radius 1 is 1.00 bits per heavy atom. The summed E-state index contributed by atoms with van der Waals surface area (Å²) in [4.78, 5) is 28.2. The fourth-order valence-corrected chi connectivity index (χ4v) is 4.90. The van der Waals surface area contributed by atoms with Crippen molar-refractivity contribution >= 4 is 50.7 Å². The van der Waals surface area contributed by atoms with E-state index in [0.717, 1.165) is 17.0 Å². The van der Waals surface area contributed by atoms with Crippen LogP contribution in [0.1, 0.15) is 44.7 Å². The van der Waals surface area contributed by atoms with Gasteiger partial charge in [-0.2, -0.15) is 0 Å². The van der Waals surface area contributed by atoms with E-state index in [-0.39, 0.29) is 18.5 Å². The van der Waals surface area contributed by atoms with Gasteiger partial charge < -0.3 is 10.2 Å². The van der Waals surface area contributed by atoms with E-state index in [9.17, 15) is 18.0 Å². The second-order valence-electron chi connectivity index (χ2n) is 8.51. The van der Waals surface area contributed by atoms with E-state index < -0.39 is 28.5 Å². The maximum atomic E-state index is 13.7. The van der Waals surface area contributed by atoms with Crippen LogP contribution in [0.4, 0.5) is 5.69 Å². The Labute approximate surface area is 218 Å². The second-order valence-corrected chi connectivity index (χ2v) is 11.2. The van der Waals surface area contributed by atoms with E-state index >= 15 is 0 Å². The van der Waals surface area contributed by atoms with Gasteiger partial charge in [0, 0.05) is 22.6 Å². The summed E-state index contributed by atoms with van der Waals surface area (Å²) in [5.74, 6) is -0.826. The van der Waals surface area contributed by atoms with Gasteiger partial charge in [0.25, 0.3) is 0 Å². The predicted molar refractivity (Wildman–Crippen MR) is 142 cm³/mol. The summed E-state index contributed by atoms with van der Waals surface area (Å²) >= 11 is 12.6. The monoisotopic (exact) mass is 541 g/mol. The molecule has 0 fully saturated rings. The van der Waals surface area contributed by atoms with Gasteiger partial charge in [0.15, 0.2) is 0 Å². The third kappa shape index (κ3) is 7.59. The fourth-order valence-electron chi connectivity index (χ4n) is 3.63. The Morgan fingerprint density at radius 2 is 1.63 bits per heavy atom. The molecule has 2 aromatic carbocycles. The lowest BCUT2D eigenvalue weighted by atomic mass is 10.1. The summed E-state index contributed by atoms with van der Waals surface area (Å²) in [6.07, 6.45) is 2.11. The number of carbonyl (C=O) groups is 2. The minimum atomic E-state index is -3.84. The normalized spacial score (nSPS) is 13.1. The Morgan fingerprint density at radius 3 is 2.20 bits per heavy atom. The minimum Gasteiger partial charge on any atom is -0.352 e. The van der Waals surface area contributed by atoms with E-state index in [1.54, 1.807) is 49.4 Å². The molecule has 2 rings (SSSR count). The van der Waals surface area contributed by atoms with Crippen molar-refractivity contribution < 1.29 is 18.0 Å². The van der Waals surface area contributed by atoms with Gasteiger partial charge >= 0.3 is 0 Å². The van der Waals surface area contributed by atoms with Crippen LogP contribution in [0.15, 0.2) is 42.5 Å². The number of hydrogen-bond donors (Lipinski definition) is 1. The number of benzene rings is 2. The zero-order chi connectivity index (χ0) is 26.3. The van der Waals surface area contributed by atoms with Crippen LogP contribution in [0.2, 0.25) is 10.0 Å². The number of nitrogens with zero attached hydrogens (tertiary/aromatic N) is 2. The van der Waals surface area contributed by atoms with E-state index in [1.165, 1.54) is 4.90 Å². The zero-order valence-corrected chi connectivity index (χ0v) is 23.0. The van der Waals surface area contributed by atoms with Crippen LogP contribution < -0.4 is 9.62 Å². The highest BCUT2D eigenvalue weighted by Crippen LogP contribution is 2.29. The summed E-state index contributed by atoms with van der Waals surface area (Å²) < 4.78 is 26.5. The van der Waals surface area contributed by atoms with Crippen molar-refractivity contribution in [3.8, 4) is 0 Å². The quantitative estimate of drug-likeness (QED) is 0.443. The number of sulfonamides is 1. The molecular formula is C25H33Cl2N3O4S. The molecule has 0 aromatic heterocycles. The van der Waals surface area contributed by atoms with Gasteiger partial charge in [-0.1, -0.05) is 61.3 Å². The lowest BCUT2D eigenvalue weighted by molar-refractivity contribution is -0.140. The van der Waals surface area contributed by atoms with E-state index in [1.807, 2.05) is 20.8 Å². The highest BCUT2D eigenvalue weighted by atomic mass is 35.5. The average Bonchev–Trinajstić information content (AvgIpc) is 2.79. The Hall–Kier alpha value is -2.29. The molecule has 0 radical (unpaired) electrons. The maximum Gasteiger partial charge on any atom is 0.244 e. The van der Waals surface area contributed by atoms with Crippen molar-refractivity contribution in [1.82, 2.24) is 10.2 Å². The molecule has 192 valence electrons. The van der Waals surface area contributed by atoms with Crippen molar-refractivity contribution in [2.45, 2.75) is 59.2 Å². The molecule has 0 heterocycles. The minimum absolute atomic E-state index is 0.0526. The number of nitrogens with one attached hydrogen (secondary N) is 1. The molecule has 2 aromatic rings. The standard InChI is InChI=1S/C25H33Cl2N3O4S/c1-6-17(3)28-25(32)22(7-2)29(15-19-11-8-9-12-21(19)27)24(31)16-30(35(5,33)34)23-14-10-13-20(26)18(23)4/h8-14,17,22H,6-7,15-16H2,1-5H3,(H,28,32)/t17-,22+/m1/s1. The molecule has 0 aliphatic rings. The molecule has 0 spiro atoms. The average molecular weight is 543 g/mol. The molecule has 35 heavy (non-hydrogen) atoms. The Kier molecular flexibility index (Phi) is 10.4. The van der Waals surface area contributed by atoms with Gasteiger partial charge in [-0.15, -0.1) is 0 Å². The van der Waals surface area contributed by atoms with Crippen LogP contribution in [0.25, 0.3) is 0 Å². The third-order valence-corrected chi connectivity index (χ3v) is 7.78. The number of rotatable bonds is 11. The smallest absolute Gasteiger partial charge is 0.244 e. The maximum absolute atomic E-state index is 13.7. The third-order valence-electron chi connectivity index (χ3n) is 5.87. The fraction of sp³-hybridized carbons (Fsp3) is 0.440. The first-order chi connectivity index (χ1) is 16.4. The molecule has 2 amide bonds. The summed E-state index contributed by atoms with van der Waals surface area (Å²) in [5.41, 5.74) is 1.50. The number of amides is 2. The number of carbonyl (C=O) groups excluding carboxylic acids is 2. The predicted octanol–water partition coefficient (Wildman–Crippen LogP) is 4.79. The largest absolute Gasteiger partial charge is 0.352 e. The van der Waals surface area contributed by atoms with Gasteiger partial charge in [0.1, 0.15) is 12.6 Å². The second kappa shape index (κ2) is 12.6. The topological polar surface area (TPSA) is 86.8 Å². The molecule has 0 aliphatic heterocycles. The summed E-state index contributed by atoms with van der Waals surface area (Å²) in [6, 6.07) is 11.0. The van der Waals surface area contributed by atoms with Crippen LogP contribution >= 0.6 is 23.2 Å². The summed E-state index contributed by atoms with van der Waals surface area (Å²) in [6.45, 7) is 6.90. The first kappa shape index (κ1) is 28.9. The van der Waals surface area contributed by atoms with Crippen molar-refractivity contribution in [2.75, 3.05) is 17.1 Å². The summed E-state index contributed by atoms with van der Waals surface area (Å²) in [5, 5.41) is 3.77. The van der Waals surface area contributed by atoms with Crippen LogP contribution in [-0.2, 0) is 26.2 Å².